The Morgan fingerprint density at radius 2 is 2.00 bits per heavy atom. The summed E-state index contributed by atoms with van der Waals surface area (Å²) >= 11 is 0. The summed E-state index contributed by atoms with van der Waals surface area (Å²) in [5.74, 6) is -0.102. The van der Waals surface area contributed by atoms with E-state index in [4.69, 9.17) is 4.52 Å². The van der Waals surface area contributed by atoms with Crippen molar-refractivity contribution in [2.45, 2.75) is 0 Å². The van der Waals surface area contributed by atoms with Crippen molar-refractivity contribution in [1.29, 1.82) is 0 Å². The summed E-state index contributed by atoms with van der Waals surface area (Å²) in [6.07, 6.45) is 4.28. The van der Waals surface area contributed by atoms with Gasteiger partial charge in [-0.15, -0.1) is 0 Å². The monoisotopic (exact) mass is 308 g/mol. The van der Waals surface area contributed by atoms with Crippen molar-refractivity contribution in [3.05, 3.63) is 78.3 Å². The summed E-state index contributed by atoms with van der Waals surface area (Å²) in [5, 5.41) is 6.38. The number of nitrogens with zero attached hydrogens (tertiary/aromatic N) is 1. The van der Waals surface area contributed by atoms with E-state index in [1.165, 1.54) is 18.2 Å². The number of carbonyl (C=O) groups excluding carboxylic acids is 1. The SMILES string of the molecule is O=C(/C=C/c1ccccc1F)Nc1cccc(-c2ccno2)c1. The molecule has 0 saturated heterocycles. The first kappa shape index (κ1) is 14.7. The van der Waals surface area contributed by atoms with Gasteiger partial charge in [-0.25, -0.2) is 4.39 Å². The predicted octanol–water partition coefficient (Wildman–Crippen LogP) is 4.13. The number of amides is 1. The molecule has 0 aliphatic rings. The van der Waals surface area contributed by atoms with Gasteiger partial charge in [0.2, 0.25) is 5.91 Å². The second kappa shape index (κ2) is 6.70. The highest BCUT2D eigenvalue weighted by atomic mass is 19.1. The second-order valence-electron chi connectivity index (χ2n) is 4.80. The van der Waals surface area contributed by atoms with Gasteiger partial charge < -0.3 is 9.84 Å². The molecule has 1 heterocycles. The van der Waals surface area contributed by atoms with Crippen molar-refractivity contribution in [3.8, 4) is 11.3 Å². The Kier molecular flexibility index (Phi) is 4.29. The van der Waals surface area contributed by atoms with Crippen LogP contribution in [0.15, 0.2) is 71.4 Å². The van der Waals surface area contributed by atoms with Gasteiger partial charge >= 0.3 is 0 Å². The highest BCUT2D eigenvalue weighted by Crippen LogP contribution is 2.22. The fourth-order valence-electron chi connectivity index (χ4n) is 2.07. The van der Waals surface area contributed by atoms with Gasteiger partial charge in [0, 0.05) is 29.0 Å². The van der Waals surface area contributed by atoms with Gasteiger partial charge in [-0.3, -0.25) is 4.79 Å². The highest BCUT2D eigenvalue weighted by molar-refractivity contribution is 6.02. The molecule has 0 spiro atoms. The van der Waals surface area contributed by atoms with E-state index in [1.54, 1.807) is 48.7 Å². The third kappa shape index (κ3) is 3.71. The van der Waals surface area contributed by atoms with Crippen molar-refractivity contribution in [3.63, 3.8) is 0 Å². The Morgan fingerprint density at radius 3 is 2.78 bits per heavy atom. The normalized spacial score (nSPS) is 10.8. The number of benzene rings is 2. The lowest BCUT2D eigenvalue weighted by molar-refractivity contribution is -0.111. The molecular formula is C18H13FN2O2. The molecule has 0 fully saturated rings. The van der Waals surface area contributed by atoms with Crippen molar-refractivity contribution < 1.29 is 13.7 Å². The summed E-state index contributed by atoms with van der Waals surface area (Å²) in [6, 6.07) is 15.2. The molecule has 0 saturated carbocycles. The average molecular weight is 308 g/mol. The van der Waals surface area contributed by atoms with Crippen molar-refractivity contribution in [2.24, 2.45) is 0 Å². The van der Waals surface area contributed by atoms with Gasteiger partial charge in [-0.1, -0.05) is 35.5 Å². The summed E-state index contributed by atoms with van der Waals surface area (Å²) in [5.41, 5.74) is 1.78. The van der Waals surface area contributed by atoms with E-state index >= 15 is 0 Å². The van der Waals surface area contributed by atoms with Gasteiger partial charge in [0.25, 0.3) is 0 Å². The summed E-state index contributed by atoms with van der Waals surface area (Å²) in [4.78, 5) is 11.9. The first-order valence-corrected chi connectivity index (χ1v) is 6.97. The van der Waals surface area contributed by atoms with Crippen LogP contribution in [0.2, 0.25) is 0 Å². The molecule has 3 aromatic rings. The summed E-state index contributed by atoms with van der Waals surface area (Å²) < 4.78 is 18.6. The lowest BCUT2D eigenvalue weighted by Gasteiger charge is -2.04. The van der Waals surface area contributed by atoms with E-state index in [0.29, 0.717) is 17.0 Å². The van der Waals surface area contributed by atoms with Crippen molar-refractivity contribution in [2.75, 3.05) is 5.32 Å². The van der Waals surface area contributed by atoms with Gasteiger partial charge in [0.15, 0.2) is 5.76 Å². The maximum absolute atomic E-state index is 13.5. The molecule has 23 heavy (non-hydrogen) atoms. The number of halogens is 1. The van der Waals surface area contributed by atoms with Crippen LogP contribution in [0, 0.1) is 5.82 Å². The molecule has 1 aromatic heterocycles. The molecule has 2 aromatic carbocycles. The fourth-order valence-corrected chi connectivity index (χ4v) is 2.07. The van der Waals surface area contributed by atoms with Gasteiger partial charge in [0.1, 0.15) is 5.82 Å². The van der Waals surface area contributed by atoms with Crippen LogP contribution in [0.3, 0.4) is 0 Å². The van der Waals surface area contributed by atoms with Crippen LogP contribution in [-0.2, 0) is 4.79 Å². The Morgan fingerprint density at radius 1 is 1.13 bits per heavy atom. The predicted molar refractivity (Wildman–Crippen MR) is 86.0 cm³/mol. The smallest absolute Gasteiger partial charge is 0.248 e. The van der Waals surface area contributed by atoms with Gasteiger partial charge in [-0.05, 0) is 24.3 Å². The van der Waals surface area contributed by atoms with Crippen LogP contribution in [0.4, 0.5) is 10.1 Å². The first-order chi connectivity index (χ1) is 11.2. The Balaban J connectivity index is 1.71. The maximum atomic E-state index is 13.5. The first-order valence-electron chi connectivity index (χ1n) is 6.97. The van der Waals surface area contributed by atoms with Crippen LogP contribution in [0.25, 0.3) is 17.4 Å². The minimum Gasteiger partial charge on any atom is -0.356 e. The average Bonchev–Trinajstić information content (AvgIpc) is 3.09. The van der Waals surface area contributed by atoms with E-state index in [2.05, 4.69) is 10.5 Å². The fraction of sp³-hybridized carbons (Fsp3) is 0. The van der Waals surface area contributed by atoms with Gasteiger partial charge in [-0.2, -0.15) is 0 Å². The maximum Gasteiger partial charge on any atom is 0.248 e. The van der Waals surface area contributed by atoms with Crippen LogP contribution in [0.5, 0.6) is 0 Å². The highest BCUT2D eigenvalue weighted by Gasteiger charge is 2.04. The molecular weight excluding hydrogens is 295 g/mol. The Labute approximate surface area is 132 Å². The third-order valence-electron chi connectivity index (χ3n) is 3.17. The van der Waals surface area contributed by atoms with E-state index < -0.39 is 0 Å². The molecule has 1 amide bonds. The van der Waals surface area contributed by atoms with Crippen LogP contribution >= 0.6 is 0 Å². The standard InChI is InChI=1S/C18H13FN2O2/c19-16-7-2-1-4-13(16)8-9-18(22)21-15-6-3-5-14(12-15)17-10-11-20-23-17/h1-12H,(H,21,22)/b9-8+. The number of anilines is 1. The summed E-state index contributed by atoms with van der Waals surface area (Å²) in [7, 11) is 0. The number of aromatic nitrogens is 1. The lowest BCUT2D eigenvalue weighted by Crippen LogP contribution is -2.07. The lowest BCUT2D eigenvalue weighted by atomic mass is 10.1. The van der Waals surface area contributed by atoms with E-state index in [1.807, 2.05) is 6.07 Å². The zero-order valence-electron chi connectivity index (χ0n) is 12.1. The molecule has 5 heteroatoms. The Bertz CT molecular complexity index is 842. The molecule has 0 aliphatic heterocycles. The summed E-state index contributed by atoms with van der Waals surface area (Å²) in [6.45, 7) is 0. The largest absolute Gasteiger partial charge is 0.356 e. The number of hydrogen-bond acceptors (Lipinski definition) is 3. The van der Waals surface area contributed by atoms with E-state index in [-0.39, 0.29) is 11.7 Å². The van der Waals surface area contributed by atoms with Crippen molar-refractivity contribution in [1.82, 2.24) is 5.16 Å². The number of nitrogens with one attached hydrogen (secondary N) is 1. The molecule has 0 aliphatic carbocycles. The molecule has 0 bridgehead atoms. The number of carbonyl (C=O) groups is 1. The third-order valence-corrected chi connectivity index (χ3v) is 3.17. The molecule has 4 nitrogen and oxygen atoms in total. The molecule has 0 atom stereocenters. The molecule has 0 radical (unpaired) electrons. The number of hydrogen-bond donors (Lipinski definition) is 1. The van der Waals surface area contributed by atoms with E-state index in [9.17, 15) is 9.18 Å². The molecule has 0 unspecified atom stereocenters. The van der Waals surface area contributed by atoms with Crippen LogP contribution in [0.1, 0.15) is 5.56 Å². The molecule has 1 N–H and O–H groups in total. The van der Waals surface area contributed by atoms with Crippen LogP contribution in [-0.4, -0.2) is 11.1 Å². The van der Waals surface area contributed by atoms with Crippen LogP contribution < -0.4 is 5.32 Å². The quantitative estimate of drug-likeness (QED) is 0.737. The minimum atomic E-state index is -0.371. The minimum absolute atomic E-state index is 0.344. The Hall–Kier alpha value is -3.21. The molecule has 114 valence electrons. The topological polar surface area (TPSA) is 55.1 Å². The zero-order chi connectivity index (χ0) is 16.1. The second-order valence-corrected chi connectivity index (χ2v) is 4.80. The number of rotatable bonds is 4. The zero-order valence-corrected chi connectivity index (χ0v) is 12.1. The van der Waals surface area contributed by atoms with Crippen molar-refractivity contribution >= 4 is 17.7 Å². The van der Waals surface area contributed by atoms with E-state index in [0.717, 1.165) is 5.56 Å². The van der Waals surface area contributed by atoms with Gasteiger partial charge in [0.05, 0.1) is 6.20 Å². The molecule has 3 rings (SSSR count).